The van der Waals surface area contributed by atoms with E-state index in [1.807, 2.05) is 30.3 Å². The number of nitrogens with zero attached hydrogens (tertiary/aromatic N) is 2. The van der Waals surface area contributed by atoms with Crippen molar-refractivity contribution in [3.63, 3.8) is 0 Å². The zero-order chi connectivity index (χ0) is 15.8. The van der Waals surface area contributed by atoms with Crippen molar-refractivity contribution in [2.75, 3.05) is 0 Å². The zero-order valence-electron chi connectivity index (χ0n) is 13.1. The number of aromatic nitrogens is 3. The Morgan fingerprint density at radius 1 is 0.957 bits per heavy atom. The Kier molecular flexibility index (Phi) is 3.23. The maximum atomic E-state index is 5.41. The molecule has 4 nitrogen and oxygen atoms in total. The topological polar surface area (TPSA) is 54.7 Å². The summed E-state index contributed by atoms with van der Waals surface area (Å²) in [6.45, 7) is 4.18. The van der Waals surface area contributed by atoms with Crippen molar-refractivity contribution >= 4 is 11.0 Å². The van der Waals surface area contributed by atoms with Crippen molar-refractivity contribution in [1.29, 1.82) is 0 Å². The molecular weight excluding hydrogens is 286 g/mol. The summed E-state index contributed by atoms with van der Waals surface area (Å²) >= 11 is 0. The highest BCUT2D eigenvalue weighted by atomic mass is 16.5. The summed E-state index contributed by atoms with van der Waals surface area (Å²) in [4.78, 5) is 7.95. The Morgan fingerprint density at radius 3 is 2.52 bits per heavy atom. The molecule has 4 rings (SSSR count). The third-order valence-corrected chi connectivity index (χ3v) is 3.94. The number of fused-ring (bicyclic) bond motifs is 1. The van der Waals surface area contributed by atoms with Crippen molar-refractivity contribution in [2.45, 2.75) is 19.8 Å². The summed E-state index contributed by atoms with van der Waals surface area (Å²) in [6, 6.07) is 18.5. The minimum absolute atomic E-state index is 0.335. The molecule has 0 saturated carbocycles. The number of hydrogen-bond acceptors (Lipinski definition) is 3. The number of rotatable bonds is 3. The first kappa shape index (κ1) is 13.8. The van der Waals surface area contributed by atoms with Crippen LogP contribution in [-0.2, 0) is 0 Å². The van der Waals surface area contributed by atoms with Gasteiger partial charge >= 0.3 is 0 Å². The van der Waals surface area contributed by atoms with Crippen molar-refractivity contribution in [1.82, 2.24) is 15.1 Å². The van der Waals surface area contributed by atoms with Gasteiger partial charge in [0.2, 0.25) is 5.76 Å². The molecule has 0 atom stereocenters. The Labute approximate surface area is 134 Å². The van der Waals surface area contributed by atoms with Gasteiger partial charge in [0.15, 0.2) is 5.82 Å². The molecule has 0 bridgehead atoms. The van der Waals surface area contributed by atoms with E-state index in [1.165, 1.54) is 5.56 Å². The third-order valence-electron chi connectivity index (χ3n) is 3.94. The van der Waals surface area contributed by atoms with Crippen LogP contribution in [0.4, 0.5) is 0 Å². The molecule has 114 valence electrons. The summed E-state index contributed by atoms with van der Waals surface area (Å²) in [7, 11) is 0. The Balaban J connectivity index is 1.76. The number of aromatic amines is 1. The van der Waals surface area contributed by atoms with E-state index in [4.69, 9.17) is 4.52 Å². The minimum Gasteiger partial charge on any atom is -0.353 e. The highest BCUT2D eigenvalue weighted by molar-refractivity contribution is 5.84. The lowest BCUT2D eigenvalue weighted by Gasteiger charge is -2.00. The predicted octanol–water partition coefficient (Wildman–Crippen LogP) is 5.01. The zero-order valence-corrected chi connectivity index (χ0v) is 13.1. The summed E-state index contributed by atoms with van der Waals surface area (Å²) in [6.07, 6.45) is 0. The van der Waals surface area contributed by atoms with Gasteiger partial charge in [0.25, 0.3) is 0 Å². The van der Waals surface area contributed by atoms with E-state index in [1.54, 1.807) is 0 Å². The van der Waals surface area contributed by atoms with Crippen LogP contribution < -0.4 is 0 Å². The van der Waals surface area contributed by atoms with Gasteiger partial charge in [-0.05, 0) is 29.2 Å². The summed E-state index contributed by atoms with van der Waals surface area (Å²) in [5.41, 5.74) is 5.17. The first-order valence-electron chi connectivity index (χ1n) is 7.73. The van der Waals surface area contributed by atoms with Gasteiger partial charge < -0.3 is 9.51 Å². The van der Waals surface area contributed by atoms with E-state index in [-0.39, 0.29) is 0 Å². The molecule has 4 heteroatoms. The van der Waals surface area contributed by atoms with Crippen LogP contribution in [-0.4, -0.2) is 15.1 Å². The molecule has 4 aromatic rings. The molecule has 23 heavy (non-hydrogen) atoms. The molecule has 0 saturated heterocycles. The fraction of sp³-hybridized carbons (Fsp3) is 0.158. The molecule has 0 unspecified atom stereocenters. The first-order chi connectivity index (χ1) is 11.2. The second-order valence-electron chi connectivity index (χ2n) is 5.95. The fourth-order valence-electron chi connectivity index (χ4n) is 2.61. The highest BCUT2D eigenvalue weighted by Gasteiger charge is 2.13. The lowest BCUT2D eigenvalue weighted by Crippen LogP contribution is -1.84. The van der Waals surface area contributed by atoms with Crippen molar-refractivity contribution in [2.24, 2.45) is 0 Å². The lowest BCUT2D eigenvalue weighted by atomic mass is 10.1. The van der Waals surface area contributed by atoms with Gasteiger partial charge in [0, 0.05) is 6.07 Å². The molecule has 2 aromatic carbocycles. The number of benzene rings is 2. The monoisotopic (exact) mass is 303 g/mol. The van der Waals surface area contributed by atoms with Crippen LogP contribution in [0.3, 0.4) is 0 Å². The van der Waals surface area contributed by atoms with Gasteiger partial charge in [0.05, 0.1) is 16.7 Å². The SMILES string of the molecule is CC(C)c1cc(-c2nc3cc(-c4ccccc4)ccc3[nH]2)on1. The maximum absolute atomic E-state index is 5.41. The Hall–Kier alpha value is -2.88. The Bertz CT molecular complexity index is 951. The summed E-state index contributed by atoms with van der Waals surface area (Å²) in [5.74, 6) is 1.72. The van der Waals surface area contributed by atoms with E-state index in [0.29, 0.717) is 17.5 Å². The smallest absolute Gasteiger partial charge is 0.202 e. The number of H-pyrrole nitrogens is 1. The van der Waals surface area contributed by atoms with Gasteiger partial charge in [-0.1, -0.05) is 55.4 Å². The van der Waals surface area contributed by atoms with Crippen LogP contribution in [0.5, 0.6) is 0 Å². The molecule has 0 aliphatic carbocycles. The number of hydrogen-bond donors (Lipinski definition) is 1. The molecule has 0 aliphatic rings. The molecule has 0 amide bonds. The van der Waals surface area contributed by atoms with Gasteiger partial charge in [-0.3, -0.25) is 0 Å². The predicted molar refractivity (Wildman–Crippen MR) is 91.1 cm³/mol. The van der Waals surface area contributed by atoms with Crippen molar-refractivity contribution < 1.29 is 4.52 Å². The van der Waals surface area contributed by atoms with E-state index >= 15 is 0 Å². The maximum Gasteiger partial charge on any atom is 0.202 e. The molecule has 2 aromatic heterocycles. The van der Waals surface area contributed by atoms with Crippen LogP contribution in [0.2, 0.25) is 0 Å². The Morgan fingerprint density at radius 2 is 1.78 bits per heavy atom. The van der Waals surface area contributed by atoms with E-state index in [9.17, 15) is 0 Å². The van der Waals surface area contributed by atoms with E-state index < -0.39 is 0 Å². The summed E-state index contributed by atoms with van der Waals surface area (Å²) < 4.78 is 5.41. The minimum atomic E-state index is 0.335. The average Bonchev–Trinajstić information content (AvgIpc) is 3.21. The van der Waals surface area contributed by atoms with Crippen molar-refractivity contribution in [3.05, 3.63) is 60.3 Å². The van der Waals surface area contributed by atoms with Crippen LogP contribution in [0.1, 0.15) is 25.5 Å². The normalized spacial score (nSPS) is 11.4. The van der Waals surface area contributed by atoms with Crippen LogP contribution in [0.25, 0.3) is 33.7 Å². The molecule has 0 spiro atoms. The van der Waals surface area contributed by atoms with Crippen molar-refractivity contribution in [3.8, 4) is 22.7 Å². The van der Waals surface area contributed by atoms with Gasteiger partial charge in [-0.25, -0.2) is 4.98 Å². The first-order valence-corrected chi connectivity index (χ1v) is 7.73. The largest absolute Gasteiger partial charge is 0.353 e. The highest BCUT2D eigenvalue weighted by Crippen LogP contribution is 2.27. The second kappa shape index (κ2) is 5.39. The van der Waals surface area contributed by atoms with Gasteiger partial charge in [-0.2, -0.15) is 0 Å². The molecular formula is C19H17N3O. The fourth-order valence-corrected chi connectivity index (χ4v) is 2.61. The van der Waals surface area contributed by atoms with Gasteiger partial charge in [0.1, 0.15) is 0 Å². The van der Waals surface area contributed by atoms with Crippen LogP contribution in [0.15, 0.2) is 59.1 Å². The van der Waals surface area contributed by atoms with E-state index in [2.05, 4.69) is 53.2 Å². The van der Waals surface area contributed by atoms with E-state index in [0.717, 1.165) is 22.3 Å². The van der Waals surface area contributed by atoms with Crippen LogP contribution in [0, 0.1) is 0 Å². The molecule has 2 heterocycles. The average molecular weight is 303 g/mol. The summed E-state index contributed by atoms with van der Waals surface area (Å²) in [5, 5.41) is 4.09. The third kappa shape index (κ3) is 2.52. The standard InChI is InChI=1S/C19H17N3O/c1-12(2)16-11-18(23-22-16)19-20-15-9-8-14(10-17(15)21-19)13-6-4-3-5-7-13/h3-12H,1-2H3,(H,20,21). The number of imidazole rings is 1. The molecule has 0 radical (unpaired) electrons. The molecule has 0 fully saturated rings. The number of nitrogens with one attached hydrogen (secondary N) is 1. The lowest BCUT2D eigenvalue weighted by molar-refractivity contribution is 0.418. The van der Waals surface area contributed by atoms with Crippen LogP contribution >= 0.6 is 0 Å². The molecule has 0 aliphatic heterocycles. The molecule has 1 N–H and O–H groups in total. The quantitative estimate of drug-likeness (QED) is 0.579. The van der Waals surface area contributed by atoms with Gasteiger partial charge in [-0.15, -0.1) is 0 Å². The second-order valence-corrected chi connectivity index (χ2v) is 5.95.